The number of aromatic amines is 1. The van der Waals surface area contributed by atoms with Crippen LogP contribution in [0, 0.1) is 0 Å². The number of amides is 1. The van der Waals surface area contributed by atoms with Gasteiger partial charge in [-0.1, -0.05) is 77.8 Å². The highest BCUT2D eigenvalue weighted by molar-refractivity contribution is 6.42. The summed E-state index contributed by atoms with van der Waals surface area (Å²) < 4.78 is 0. The van der Waals surface area contributed by atoms with Crippen molar-refractivity contribution in [1.82, 2.24) is 15.2 Å². The Hall–Kier alpha value is -2.79. The number of hydrogen-bond acceptors (Lipinski definition) is 2. The Morgan fingerprint density at radius 1 is 0.971 bits per heavy atom. The molecule has 1 saturated heterocycles. The molecule has 0 spiro atoms. The third-order valence-electron chi connectivity index (χ3n) is 6.93. The molecule has 2 N–H and O–H groups in total. The first kappa shape index (κ1) is 23.9. The number of piperidine rings is 1. The number of nitrogens with one attached hydrogen (secondary N) is 2. The minimum Gasteiger partial charge on any atom is -0.361 e. The summed E-state index contributed by atoms with van der Waals surface area (Å²) in [5, 5.41) is 5.43. The summed E-state index contributed by atoms with van der Waals surface area (Å²) in [6, 6.07) is 24.6. The van der Waals surface area contributed by atoms with Gasteiger partial charge in [0, 0.05) is 55.1 Å². The third-order valence-corrected chi connectivity index (χ3v) is 7.67. The smallest absolute Gasteiger partial charge is 0.221 e. The molecule has 1 aliphatic rings. The van der Waals surface area contributed by atoms with Gasteiger partial charge >= 0.3 is 0 Å². The summed E-state index contributed by atoms with van der Waals surface area (Å²) >= 11 is 12.5. The Balaban J connectivity index is 1.27. The van der Waals surface area contributed by atoms with Crippen LogP contribution in [0.25, 0.3) is 10.9 Å². The van der Waals surface area contributed by atoms with E-state index in [0.717, 1.165) is 54.5 Å². The van der Waals surface area contributed by atoms with Crippen LogP contribution < -0.4 is 5.32 Å². The Morgan fingerprint density at radius 2 is 1.71 bits per heavy atom. The van der Waals surface area contributed by atoms with Gasteiger partial charge in [-0.25, -0.2) is 0 Å². The van der Waals surface area contributed by atoms with E-state index in [-0.39, 0.29) is 17.9 Å². The normalized spacial score (nSPS) is 15.8. The maximum atomic E-state index is 13.3. The van der Waals surface area contributed by atoms with Crippen LogP contribution in [0.5, 0.6) is 0 Å². The van der Waals surface area contributed by atoms with Crippen molar-refractivity contribution in [3.8, 4) is 0 Å². The van der Waals surface area contributed by atoms with Crippen LogP contribution in [0.3, 0.4) is 0 Å². The fourth-order valence-electron chi connectivity index (χ4n) is 5.07. The highest BCUT2D eigenvalue weighted by Gasteiger charge is 2.25. The van der Waals surface area contributed by atoms with E-state index in [0.29, 0.717) is 16.5 Å². The van der Waals surface area contributed by atoms with Gasteiger partial charge in [0.2, 0.25) is 5.91 Å². The molecule has 0 bridgehead atoms. The van der Waals surface area contributed by atoms with Crippen molar-refractivity contribution in [3.63, 3.8) is 0 Å². The molecule has 0 saturated carbocycles. The lowest BCUT2D eigenvalue weighted by Gasteiger charge is -2.32. The van der Waals surface area contributed by atoms with Crippen molar-refractivity contribution in [1.29, 1.82) is 0 Å². The van der Waals surface area contributed by atoms with E-state index in [1.54, 1.807) is 6.07 Å². The van der Waals surface area contributed by atoms with Gasteiger partial charge < -0.3 is 10.3 Å². The largest absolute Gasteiger partial charge is 0.361 e. The Kier molecular flexibility index (Phi) is 7.43. The summed E-state index contributed by atoms with van der Waals surface area (Å²) in [6.45, 7) is 2.93. The molecular weight excluding hydrogens is 477 g/mol. The number of fused-ring (bicyclic) bond motifs is 1. The van der Waals surface area contributed by atoms with Gasteiger partial charge in [0.1, 0.15) is 0 Å². The van der Waals surface area contributed by atoms with Crippen molar-refractivity contribution in [3.05, 3.63) is 106 Å². The molecule has 1 fully saturated rings. The van der Waals surface area contributed by atoms with Crippen molar-refractivity contribution in [2.45, 2.75) is 37.8 Å². The summed E-state index contributed by atoms with van der Waals surface area (Å²) in [4.78, 5) is 19.1. The number of H-pyrrole nitrogens is 1. The van der Waals surface area contributed by atoms with Gasteiger partial charge in [-0.2, -0.15) is 0 Å². The number of likely N-dealkylation sites (tertiary alicyclic amines) is 1. The van der Waals surface area contributed by atoms with Crippen molar-refractivity contribution < 1.29 is 4.79 Å². The molecule has 1 aliphatic heterocycles. The highest BCUT2D eigenvalue weighted by atomic mass is 35.5. The SMILES string of the molecule is O=C(C[C@@H](c1ccc(Cl)c(Cl)c1)c1c[nH]c2ccccc12)NC1CCN(Cc2ccccc2)CC1. The van der Waals surface area contributed by atoms with Crippen LogP contribution in [0.4, 0.5) is 0 Å². The molecule has 6 heteroatoms. The fraction of sp³-hybridized carbons (Fsp3) is 0.276. The number of para-hydroxylation sites is 1. The maximum Gasteiger partial charge on any atom is 0.221 e. The van der Waals surface area contributed by atoms with Crippen LogP contribution in [-0.4, -0.2) is 34.9 Å². The first-order valence-corrected chi connectivity index (χ1v) is 12.9. The van der Waals surface area contributed by atoms with Gasteiger partial charge in [0.05, 0.1) is 10.0 Å². The monoisotopic (exact) mass is 505 g/mol. The number of aromatic nitrogens is 1. The molecule has 2 heterocycles. The van der Waals surface area contributed by atoms with E-state index in [1.165, 1.54) is 5.56 Å². The van der Waals surface area contributed by atoms with Gasteiger partial charge in [-0.05, 0) is 47.7 Å². The average Bonchev–Trinajstić information content (AvgIpc) is 3.30. The van der Waals surface area contributed by atoms with Gasteiger partial charge in [0.25, 0.3) is 0 Å². The summed E-state index contributed by atoms with van der Waals surface area (Å²) in [6.07, 6.45) is 4.28. The van der Waals surface area contributed by atoms with Gasteiger partial charge in [-0.3, -0.25) is 9.69 Å². The lowest BCUT2D eigenvalue weighted by Crippen LogP contribution is -2.44. The molecule has 0 radical (unpaired) electrons. The van der Waals surface area contributed by atoms with Gasteiger partial charge in [-0.15, -0.1) is 0 Å². The first-order chi connectivity index (χ1) is 17.1. The van der Waals surface area contributed by atoms with E-state index >= 15 is 0 Å². The van der Waals surface area contributed by atoms with Crippen LogP contribution in [0.2, 0.25) is 10.0 Å². The second-order valence-corrected chi connectivity index (χ2v) is 10.1. The number of halogens is 2. The Morgan fingerprint density at radius 3 is 2.49 bits per heavy atom. The maximum absolute atomic E-state index is 13.3. The number of rotatable bonds is 7. The molecular formula is C29H29Cl2N3O. The lowest BCUT2D eigenvalue weighted by atomic mass is 9.87. The van der Waals surface area contributed by atoms with E-state index in [4.69, 9.17) is 23.2 Å². The van der Waals surface area contributed by atoms with Crippen LogP contribution in [-0.2, 0) is 11.3 Å². The zero-order valence-corrected chi connectivity index (χ0v) is 21.0. The van der Waals surface area contributed by atoms with Gasteiger partial charge in [0.15, 0.2) is 0 Å². The predicted octanol–water partition coefficient (Wildman–Crippen LogP) is 6.78. The second-order valence-electron chi connectivity index (χ2n) is 9.32. The molecule has 35 heavy (non-hydrogen) atoms. The van der Waals surface area contributed by atoms with Crippen molar-refractivity contribution in [2.75, 3.05) is 13.1 Å². The molecule has 4 nitrogen and oxygen atoms in total. The standard InChI is InChI=1S/C29H29Cl2N3O/c30-26-11-10-21(16-27(26)31)24(25-18-32-28-9-5-4-8-23(25)28)17-29(35)33-22-12-14-34(15-13-22)19-20-6-2-1-3-7-20/h1-11,16,18,22,24,32H,12-15,17,19H2,(H,33,35)/t24-/m0/s1. The number of nitrogens with zero attached hydrogens (tertiary/aromatic N) is 1. The van der Waals surface area contributed by atoms with Crippen molar-refractivity contribution in [2.24, 2.45) is 0 Å². The topological polar surface area (TPSA) is 48.1 Å². The summed E-state index contributed by atoms with van der Waals surface area (Å²) in [7, 11) is 0. The summed E-state index contributed by atoms with van der Waals surface area (Å²) in [5.74, 6) is -0.0630. The molecule has 0 unspecified atom stereocenters. The minimum absolute atomic E-state index is 0.0628. The van der Waals surface area contributed by atoms with E-state index in [2.05, 4.69) is 45.5 Å². The highest BCUT2D eigenvalue weighted by Crippen LogP contribution is 2.36. The third kappa shape index (κ3) is 5.72. The van der Waals surface area contributed by atoms with Crippen LogP contribution in [0.1, 0.15) is 41.9 Å². The zero-order chi connectivity index (χ0) is 24.2. The number of carbonyl (C=O) groups is 1. The molecule has 1 atom stereocenters. The lowest BCUT2D eigenvalue weighted by molar-refractivity contribution is -0.122. The van der Waals surface area contributed by atoms with E-state index < -0.39 is 0 Å². The molecule has 1 amide bonds. The quantitative estimate of drug-likeness (QED) is 0.290. The predicted molar refractivity (Wildman–Crippen MR) is 144 cm³/mol. The zero-order valence-electron chi connectivity index (χ0n) is 19.5. The first-order valence-electron chi connectivity index (χ1n) is 12.1. The molecule has 1 aromatic heterocycles. The molecule has 3 aromatic carbocycles. The second kappa shape index (κ2) is 10.9. The Labute approximate surface area is 216 Å². The summed E-state index contributed by atoms with van der Waals surface area (Å²) in [5.41, 5.74) is 4.46. The molecule has 180 valence electrons. The molecule has 4 aromatic rings. The fourth-order valence-corrected chi connectivity index (χ4v) is 5.37. The molecule has 5 rings (SSSR count). The molecule has 0 aliphatic carbocycles. The number of carbonyl (C=O) groups excluding carboxylic acids is 1. The minimum atomic E-state index is -0.126. The van der Waals surface area contributed by atoms with Crippen LogP contribution in [0.15, 0.2) is 79.0 Å². The number of hydrogen-bond donors (Lipinski definition) is 2. The number of benzene rings is 3. The van der Waals surface area contributed by atoms with E-state index in [1.807, 2.05) is 42.6 Å². The van der Waals surface area contributed by atoms with Crippen molar-refractivity contribution >= 4 is 40.0 Å². The Bertz CT molecular complexity index is 1300. The van der Waals surface area contributed by atoms with E-state index in [9.17, 15) is 4.79 Å². The average molecular weight is 506 g/mol. The van der Waals surface area contributed by atoms with Crippen LogP contribution >= 0.6 is 23.2 Å².